The van der Waals surface area contributed by atoms with Crippen LogP contribution in [0.15, 0.2) is 0 Å². The van der Waals surface area contributed by atoms with Gasteiger partial charge in [0.25, 0.3) is 5.78 Å². The third kappa shape index (κ3) is 1.77. The number of carboxylic acids is 1. The fraction of sp³-hybridized carbons (Fsp3) is 0.455. The summed E-state index contributed by atoms with van der Waals surface area (Å²) >= 11 is 0. The van der Waals surface area contributed by atoms with E-state index in [-0.39, 0.29) is 6.01 Å². The van der Waals surface area contributed by atoms with Gasteiger partial charge in [0.2, 0.25) is 0 Å². The molecule has 1 atom stereocenters. The summed E-state index contributed by atoms with van der Waals surface area (Å²) < 4.78 is 6.44. The van der Waals surface area contributed by atoms with Gasteiger partial charge in [0.15, 0.2) is 0 Å². The first-order valence-corrected chi connectivity index (χ1v) is 5.46. The third-order valence-corrected chi connectivity index (χ3v) is 2.92. The lowest BCUT2D eigenvalue weighted by molar-refractivity contribution is -0.138. The van der Waals surface area contributed by atoms with E-state index in [1.807, 2.05) is 0 Å². The lowest BCUT2D eigenvalue weighted by Gasteiger charge is -2.13. The van der Waals surface area contributed by atoms with E-state index in [0.717, 1.165) is 0 Å². The van der Waals surface area contributed by atoms with Gasteiger partial charge in [-0.15, -0.1) is 5.10 Å². The van der Waals surface area contributed by atoms with Crippen molar-refractivity contribution >= 4 is 11.7 Å². The summed E-state index contributed by atoms with van der Waals surface area (Å²) in [6, 6.07) is 0.213. The molecule has 0 aliphatic carbocycles. The van der Waals surface area contributed by atoms with E-state index in [1.165, 1.54) is 11.6 Å². The molecule has 1 N–H and O–H groups in total. The maximum atomic E-state index is 11.1. The van der Waals surface area contributed by atoms with Crippen LogP contribution in [0.5, 0.6) is 6.01 Å². The van der Waals surface area contributed by atoms with E-state index in [9.17, 15) is 4.79 Å². The Hall–Kier alpha value is -2.18. The molecule has 0 fully saturated rings. The number of fused-ring (bicyclic) bond motifs is 1. The first-order valence-electron chi connectivity index (χ1n) is 5.46. The number of nitrogens with zero attached hydrogens (tertiary/aromatic N) is 4. The van der Waals surface area contributed by atoms with Gasteiger partial charge < -0.3 is 9.84 Å². The van der Waals surface area contributed by atoms with Crippen molar-refractivity contribution in [2.45, 2.75) is 26.7 Å². The number of rotatable bonds is 3. The van der Waals surface area contributed by atoms with Crippen LogP contribution in [0.3, 0.4) is 0 Å². The minimum Gasteiger partial charge on any atom is -0.481 e. The highest BCUT2D eigenvalue weighted by atomic mass is 16.5. The highest BCUT2D eigenvalue weighted by Gasteiger charge is 2.22. The second kappa shape index (κ2) is 4.25. The van der Waals surface area contributed by atoms with Gasteiger partial charge in [-0.2, -0.15) is 9.50 Å². The van der Waals surface area contributed by atoms with Crippen molar-refractivity contribution in [2.24, 2.45) is 0 Å². The Kier molecular flexibility index (Phi) is 2.90. The molecule has 0 saturated heterocycles. The summed E-state index contributed by atoms with van der Waals surface area (Å²) in [5.41, 5.74) is 2.01. The number of carbonyl (C=O) groups is 1. The molecular formula is C11H14N4O3. The lowest BCUT2D eigenvalue weighted by atomic mass is 9.98. The van der Waals surface area contributed by atoms with Gasteiger partial charge in [0.1, 0.15) is 0 Å². The number of aryl methyl sites for hydroxylation is 2. The van der Waals surface area contributed by atoms with E-state index in [0.29, 0.717) is 22.7 Å². The molecule has 0 aromatic carbocycles. The molecule has 2 aromatic heterocycles. The third-order valence-electron chi connectivity index (χ3n) is 2.92. The number of hydrogen-bond donors (Lipinski definition) is 1. The highest BCUT2D eigenvalue weighted by Crippen LogP contribution is 2.23. The maximum absolute atomic E-state index is 11.1. The molecular weight excluding hydrogens is 236 g/mol. The van der Waals surface area contributed by atoms with Crippen LogP contribution >= 0.6 is 0 Å². The average Bonchev–Trinajstić information content (AvgIpc) is 2.71. The molecule has 2 rings (SSSR count). The number of carboxylic acid groups (broad SMARTS) is 1. The fourth-order valence-corrected chi connectivity index (χ4v) is 2.01. The summed E-state index contributed by atoms with van der Waals surface area (Å²) in [4.78, 5) is 19.4. The molecule has 1 unspecified atom stereocenters. The normalized spacial score (nSPS) is 12.7. The molecule has 18 heavy (non-hydrogen) atoms. The Bertz CT molecular complexity index is 620. The molecule has 7 heteroatoms. The van der Waals surface area contributed by atoms with Gasteiger partial charge in [-0.3, -0.25) is 4.79 Å². The largest absolute Gasteiger partial charge is 0.481 e. The van der Waals surface area contributed by atoms with Crippen molar-refractivity contribution in [3.63, 3.8) is 0 Å². The second-order valence-electron chi connectivity index (χ2n) is 4.07. The van der Waals surface area contributed by atoms with E-state index < -0.39 is 11.9 Å². The summed E-state index contributed by atoms with van der Waals surface area (Å²) in [6.07, 6.45) is 0. The van der Waals surface area contributed by atoms with Crippen molar-refractivity contribution < 1.29 is 14.6 Å². The van der Waals surface area contributed by atoms with Crippen molar-refractivity contribution in [3.8, 4) is 6.01 Å². The van der Waals surface area contributed by atoms with Gasteiger partial charge in [-0.05, 0) is 20.8 Å². The van der Waals surface area contributed by atoms with Crippen LogP contribution in [0, 0.1) is 13.8 Å². The Morgan fingerprint density at radius 3 is 2.61 bits per heavy atom. The van der Waals surface area contributed by atoms with Crippen LogP contribution in [0.25, 0.3) is 5.78 Å². The summed E-state index contributed by atoms with van der Waals surface area (Å²) in [5, 5.41) is 13.2. The quantitative estimate of drug-likeness (QED) is 0.871. The van der Waals surface area contributed by atoms with Crippen LogP contribution in [0.1, 0.15) is 29.8 Å². The van der Waals surface area contributed by atoms with Crippen LogP contribution in [-0.2, 0) is 4.79 Å². The van der Waals surface area contributed by atoms with E-state index in [1.54, 1.807) is 20.8 Å². The van der Waals surface area contributed by atoms with Gasteiger partial charge in [0, 0.05) is 17.0 Å². The van der Waals surface area contributed by atoms with Crippen LogP contribution in [-0.4, -0.2) is 37.8 Å². The smallest absolute Gasteiger partial charge is 0.337 e. The number of ether oxygens (including phenoxy) is 1. The zero-order valence-corrected chi connectivity index (χ0v) is 10.6. The van der Waals surface area contributed by atoms with Gasteiger partial charge in [-0.1, -0.05) is 0 Å². The molecule has 96 valence electrons. The van der Waals surface area contributed by atoms with Crippen LogP contribution in [0.4, 0.5) is 0 Å². The average molecular weight is 250 g/mol. The van der Waals surface area contributed by atoms with E-state index >= 15 is 0 Å². The van der Waals surface area contributed by atoms with Crippen molar-refractivity contribution in [3.05, 3.63) is 17.0 Å². The standard InChI is InChI=1S/C11H14N4O3/c1-5(9(16)17)8-6(2)12-10-13-11(18-4)14-15(10)7(8)3/h5H,1-4H3,(H,16,17). The molecule has 0 amide bonds. The Morgan fingerprint density at radius 1 is 1.39 bits per heavy atom. The summed E-state index contributed by atoms with van der Waals surface area (Å²) in [5.74, 6) is -1.13. The zero-order valence-electron chi connectivity index (χ0n) is 10.6. The van der Waals surface area contributed by atoms with Crippen molar-refractivity contribution in [1.29, 1.82) is 0 Å². The molecule has 2 heterocycles. The number of methoxy groups -OCH3 is 1. The van der Waals surface area contributed by atoms with E-state index in [2.05, 4.69) is 15.1 Å². The minimum absolute atomic E-state index is 0.213. The van der Waals surface area contributed by atoms with Crippen molar-refractivity contribution in [1.82, 2.24) is 19.6 Å². The molecule has 0 aliphatic rings. The molecule has 0 aliphatic heterocycles. The topological polar surface area (TPSA) is 89.6 Å². The Balaban J connectivity index is 2.71. The maximum Gasteiger partial charge on any atom is 0.337 e. The first-order chi connectivity index (χ1) is 8.45. The molecule has 2 aromatic rings. The fourth-order valence-electron chi connectivity index (χ4n) is 2.01. The number of hydrogen-bond acceptors (Lipinski definition) is 5. The minimum atomic E-state index is -0.894. The lowest BCUT2D eigenvalue weighted by Crippen LogP contribution is -2.14. The van der Waals surface area contributed by atoms with Crippen molar-refractivity contribution in [2.75, 3.05) is 7.11 Å². The molecule has 0 radical (unpaired) electrons. The predicted octanol–water partition coefficient (Wildman–Crippen LogP) is 0.938. The van der Waals surface area contributed by atoms with Crippen LogP contribution in [0.2, 0.25) is 0 Å². The molecule has 7 nitrogen and oxygen atoms in total. The molecule has 0 bridgehead atoms. The monoisotopic (exact) mass is 250 g/mol. The Labute approximate surface area is 103 Å². The second-order valence-corrected chi connectivity index (χ2v) is 4.07. The highest BCUT2D eigenvalue weighted by molar-refractivity contribution is 5.76. The number of aliphatic carboxylic acids is 1. The van der Waals surface area contributed by atoms with Crippen LogP contribution < -0.4 is 4.74 Å². The summed E-state index contributed by atoms with van der Waals surface area (Å²) in [6.45, 7) is 5.19. The van der Waals surface area contributed by atoms with E-state index in [4.69, 9.17) is 9.84 Å². The van der Waals surface area contributed by atoms with Gasteiger partial charge in [0.05, 0.1) is 13.0 Å². The SMILES string of the molecule is COc1nc2nc(C)c(C(C)C(=O)O)c(C)n2n1. The molecule has 0 saturated carbocycles. The first kappa shape index (κ1) is 12.3. The van der Waals surface area contributed by atoms with Gasteiger partial charge in [-0.25, -0.2) is 4.98 Å². The number of aromatic nitrogens is 4. The predicted molar refractivity (Wildman–Crippen MR) is 62.9 cm³/mol. The van der Waals surface area contributed by atoms with Gasteiger partial charge >= 0.3 is 12.0 Å². The zero-order chi connectivity index (χ0) is 13.4. The Morgan fingerprint density at radius 2 is 2.06 bits per heavy atom. The summed E-state index contributed by atoms with van der Waals surface area (Å²) in [7, 11) is 1.47. The molecule has 0 spiro atoms.